The Kier molecular flexibility index (Phi) is 7.63. The molecule has 1 saturated heterocycles. The molecule has 0 amide bonds. The number of rotatable bonds is 3. The Morgan fingerprint density at radius 3 is 2.08 bits per heavy atom. The fraction of sp³-hybridized carbons (Fsp3) is 0.588. The van der Waals surface area contributed by atoms with Crippen molar-refractivity contribution < 1.29 is 0 Å². The molecule has 0 radical (unpaired) electrons. The molecule has 3 N–H and O–H groups in total. The molecule has 2 atom stereocenters. The second-order valence-corrected chi connectivity index (χ2v) is 10.3. The first-order valence-corrected chi connectivity index (χ1v) is 11.2. The van der Waals surface area contributed by atoms with Crippen LogP contribution >= 0.6 is 61.2 Å². The summed E-state index contributed by atoms with van der Waals surface area (Å²) in [5, 5.41) is 8.26. The van der Waals surface area contributed by atoms with Crippen molar-refractivity contribution in [2.45, 2.75) is 46.2 Å². The molecule has 2 unspecified atom stereocenters. The summed E-state index contributed by atoms with van der Waals surface area (Å²) in [6, 6.07) is 8.27. The van der Waals surface area contributed by atoms with Gasteiger partial charge >= 0.3 is 0 Å². The molecule has 0 aromatic heterocycles. The van der Waals surface area contributed by atoms with E-state index in [4.69, 9.17) is 36.4 Å². The average Bonchev–Trinajstić information content (AvgIpc) is 2.56. The summed E-state index contributed by atoms with van der Waals surface area (Å²) in [4.78, 5) is 0. The summed E-state index contributed by atoms with van der Waals surface area (Å²) in [5.41, 5.74) is 7.70. The summed E-state index contributed by atoms with van der Waals surface area (Å²) in [5.74, 6) is 2.58. The van der Waals surface area contributed by atoms with Gasteiger partial charge in [0.25, 0.3) is 0 Å². The summed E-state index contributed by atoms with van der Waals surface area (Å²) in [6.45, 7) is 0. The van der Waals surface area contributed by atoms with E-state index in [9.17, 15) is 0 Å². The number of thioether (sulfide) groups is 2. The maximum atomic E-state index is 7.61. The largest absolute Gasteiger partial charge is 0.384 e. The van der Waals surface area contributed by atoms with Crippen molar-refractivity contribution in [2.75, 3.05) is 11.5 Å². The zero-order valence-electron chi connectivity index (χ0n) is 13.5. The predicted octanol–water partition coefficient (Wildman–Crippen LogP) is 4.61. The number of hydrogen-bond acceptors (Lipinski definition) is 5. The van der Waals surface area contributed by atoms with Gasteiger partial charge in [0.15, 0.2) is 0 Å². The van der Waals surface area contributed by atoms with Gasteiger partial charge in [-0.15, -0.1) is 35.9 Å². The molecule has 134 valence electrons. The normalized spacial score (nSPS) is 31.2. The number of amidine groups is 1. The van der Waals surface area contributed by atoms with Crippen molar-refractivity contribution >= 4 is 67.0 Å². The van der Waals surface area contributed by atoms with Crippen molar-refractivity contribution in [3.8, 4) is 0 Å². The van der Waals surface area contributed by atoms with Gasteiger partial charge in [-0.25, -0.2) is 0 Å². The minimum Gasteiger partial charge on any atom is -0.384 e. The lowest BCUT2D eigenvalue weighted by molar-refractivity contribution is 0.342. The summed E-state index contributed by atoms with van der Waals surface area (Å²) >= 11 is 14.3. The fourth-order valence-electron chi connectivity index (χ4n) is 3.74. The molecule has 24 heavy (non-hydrogen) atoms. The SMILES string of the molecule is Cl.N=C(N)c1ccc(C2(C3SCCCS3)C(S)CCCC2S)cc1. The van der Waals surface area contributed by atoms with Crippen LogP contribution in [0.25, 0.3) is 0 Å². The van der Waals surface area contributed by atoms with Gasteiger partial charge < -0.3 is 5.73 Å². The Balaban J connectivity index is 0.00000208. The van der Waals surface area contributed by atoms with E-state index in [0.717, 1.165) is 18.4 Å². The van der Waals surface area contributed by atoms with E-state index < -0.39 is 0 Å². The topological polar surface area (TPSA) is 49.9 Å². The van der Waals surface area contributed by atoms with Crippen LogP contribution in [0.1, 0.15) is 36.8 Å². The first-order valence-electron chi connectivity index (χ1n) is 8.11. The molecule has 0 bridgehead atoms. The number of benzene rings is 1. The molecular weight excluding hydrogens is 396 g/mol. The van der Waals surface area contributed by atoms with Crippen LogP contribution in [0.4, 0.5) is 0 Å². The lowest BCUT2D eigenvalue weighted by Gasteiger charge is -2.52. The van der Waals surface area contributed by atoms with E-state index in [0.29, 0.717) is 15.1 Å². The van der Waals surface area contributed by atoms with Gasteiger partial charge in [-0.1, -0.05) is 30.7 Å². The third-order valence-electron chi connectivity index (χ3n) is 4.97. The van der Waals surface area contributed by atoms with Gasteiger partial charge in [0.1, 0.15) is 5.84 Å². The van der Waals surface area contributed by atoms with Gasteiger partial charge in [0, 0.05) is 21.5 Å². The van der Waals surface area contributed by atoms with Crippen LogP contribution in [0.2, 0.25) is 0 Å². The minimum absolute atomic E-state index is 0. The van der Waals surface area contributed by atoms with E-state index >= 15 is 0 Å². The Labute approximate surface area is 170 Å². The van der Waals surface area contributed by atoms with Crippen LogP contribution in [0, 0.1) is 5.41 Å². The van der Waals surface area contributed by atoms with Gasteiger partial charge in [-0.3, -0.25) is 5.41 Å². The molecule has 0 spiro atoms. The molecule has 1 aliphatic heterocycles. The molecule has 7 heteroatoms. The van der Waals surface area contributed by atoms with Crippen LogP contribution in [-0.4, -0.2) is 32.4 Å². The molecule has 1 saturated carbocycles. The zero-order chi connectivity index (χ0) is 16.4. The molecule has 1 aromatic carbocycles. The highest BCUT2D eigenvalue weighted by Gasteiger charge is 2.52. The molecule has 1 aromatic rings. The molecule has 3 rings (SSSR count). The highest BCUT2D eigenvalue weighted by molar-refractivity contribution is 8.17. The number of nitrogens with two attached hydrogens (primary N) is 1. The zero-order valence-corrected chi connectivity index (χ0v) is 17.7. The van der Waals surface area contributed by atoms with E-state index in [1.54, 1.807) is 0 Å². The summed E-state index contributed by atoms with van der Waals surface area (Å²) < 4.78 is 0.504. The lowest BCUT2D eigenvalue weighted by Crippen LogP contribution is -2.54. The van der Waals surface area contributed by atoms with Crippen LogP contribution in [-0.2, 0) is 5.41 Å². The Morgan fingerprint density at radius 1 is 1.04 bits per heavy atom. The van der Waals surface area contributed by atoms with E-state index in [2.05, 4.69) is 35.7 Å². The molecule has 1 heterocycles. The first-order chi connectivity index (χ1) is 11.1. The Hall–Kier alpha value is 0.380. The van der Waals surface area contributed by atoms with Gasteiger partial charge in [0.05, 0.1) is 4.58 Å². The fourth-order valence-corrected chi connectivity index (χ4v) is 9.26. The molecule has 2 aliphatic rings. The standard InChI is InChI=1S/C17H24N2S4.ClH/c18-15(19)11-5-7-12(8-6-11)17(16-22-9-2-10-23-16)13(20)3-1-4-14(17)21;/h5-8,13-14,16,20-21H,1-4,9-10H2,(H3,18,19);1H. The Bertz CT molecular complexity index is 550. The monoisotopic (exact) mass is 420 g/mol. The molecule has 2 nitrogen and oxygen atoms in total. The number of nitrogen functional groups attached to an aromatic ring is 1. The first kappa shape index (κ1) is 20.7. The van der Waals surface area contributed by atoms with Gasteiger partial charge in [0.2, 0.25) is 0 Å². The van der Waals surface area contributed by atoms with Crippen LogP contribution in [0.15, 0.2) is 24.3 Å². The Morgan fingerprint density at radius 2 is 1.58 bits per heavy atom. The lowest BCUT2D eigenvalue weighted by atomic mass is 9.69. The van der Waals surface area contributed by atoms with Crippen molar-refractivity contribution in [2.24, 2.45) is 5.73 Å². The minimum atomic E-state index is -0.0183. The summed E-state index contributed by atoms with van der Waals surface area (Å²) in [6.07, 6.45) is 4.79. The number of thiol groups is 2. The predicted molar refractivity (Wildman–Crippen MR) is 119 cm³/mol. The highest BCUT2D eigenvalue weighted by atomic mass is 35.5. The number of hydrogen-bond donors (Lipinski definition) is 4. The van der Waals surface area contributed by atoms with E-state index in [-0.39, 0.29) is 23.7 Å². The van der Waals surface area contributed by atoms with Crippen LogP contribution in [0.3, 0.4) is 0 Å². The quantitative estimate of drug-likeness (QED) is 0.328. The number of halogens is 1. The van der Waals surface area contributed by atoms with Crippen LogP contribution in [0.5, 0.6) is 0 Å². The van der Waals surface area contributed by atoms with Crippen LogP contribution < -0.4 is 5.73 Å². The smallest absolute Gasteiger partial charge is 0.122 e. The molecule has 1 aliphatic carbocycles. The second kappa shape index (κ2) is 8.85. The van der Waals surface area contributed by atoms with E-state index in [1.165, 1.54) is 29.9 Å². The third kappa shape index (κ3) is 3.73. The van der Waals surface area contributed by atoms with E-state index in [1.807, 2.05) is 12.1 Å². The van der Waals surface area contributed by atoms with Crippen molar-refractivity contribution in [1.82, 2.24) is 0 Å². The maximum Gasteiger partial charge on any atom is 0.122 e. The van der Waals surface area contributed by atoms with Crippen molar-refractivity contribution in [3.05, 3.63) is 35.4 Å². The second-order valence-electron chi connectivity index (χ2n) is 6.31. The van der Waals surface area contributed by atoms with Crippen molar-refractivity contribution in [3.63, 3.8) is 0 Å². The summed E-state index contributed by atoms with van der Waals surface area (Å²) in [7, 11) is 0. The maximum absolute atomic E-state index is 7.61. The average molecular weight is 421 g/mol. The molecular formula is C17H25ClN2S4. The highest BCUT2D eigenvalue weighted by Crippen LogP contribution is 2.55. The third-order valence-corrected chi connectivity index (χ3v) is 9.59. The number of nitrogens with one attached hydrogen (secondary N) is 1. The molecule has 2 fully saturated rings. The van der Waals surface area contributed by atoms with Gasteiger partial charge in [-0.05, 0) is 36.3 Å². The van der Waals surface area contributed by atoms with Crippen molar-refractivity contribution in [1.29, 1.82) is 5.41 Å². The van der Waals surface area contributed by atoms with Gasteiger partial charge in [-0.2, -0.15) is 25.3 Å².